The SMILES string of the molecule is Cl.Cl.OC1CCN(C2CCNC2)C1. The molecule has 0 aromatic heterocycles. The van der Waals surface area contributed by atoms with E-state index in [-0.39, 0.29) is 30.9 Å². The second-order valence-corrected chi connectivity index (χ2v) is 3.58. The van der Waals surface area contributed by atoms with Gasteiger partial charge in [-0.2, -0.15) is 0 Å². The highest BCUT2D eigenvalue weighted by Gasteiger charge is 2.28. The maximum atomic E-state index is 9.30. The molecule has 80 valence electrons. The molecule has 5 heteroatoms. The highest BCUT2D eigenvalue weighted by atomic mass is 35.5. The van der Waals surface area contributed by atoms with Crippen LogP contribution in [0.15, 0.2) is 0 Å². The predicted molar refractivity (Wildman–Crippen MR) is 58.0 cm³/mol. The van der Waals surface area contributed by atoms with E-state index in [2.05, 4.69) is 10.2 Å². The molecule has 2 aliphatic rings. The lowest BCUT2D eigenvalue weighted by molar-refractivity contribution is 0.163. The van der Waals surface area contributed by atoms with Gasteiger partial charge >= 0.3 is 0 Å². The maximum Gasteiger partial charge on any atom is 0.0679 e. The van der Waals surface area contributed by atoms with Crippen LogP contribution in [0.25, 0.3) is 0 Å². The fraction of sp³-hybridized carbons (Fsp3) is 1.00. The average Bonchev–Trinajstić information content (AvgIpc) is 2.55. The van der Waals surface area contributed by atoms with Gasteiger partial charge in [-0.05, 0) is 19.4 Å². The molecular formula is C8H18Cl2N2O. The lowest BCUT2D eigenvalue weighted by Crippen LogP contribution is -2.35. The third kappa shape index (κ3) is 3.26. The van der Waals surface area contributed by atoms with Crippen LogP contribution in [0.2, 0.25) is 0 Å². The van der Waals surface area contributed by atoms with Crippen molar-refractivity contribution in [3.63, 3.8) is 0 Å². The van der Waals surface area contributed by atoms with Crippen LogP contribution in [0.5, 0.6) is 0 Å². The normalized spacial score (nSPS) is 33.9. The smallest absolute Gasteiger partial charge is 0.0679 e. The second-order valence-electron chi connectivity index (χ2n) is 3.58. The highest BCUT2D eigenvalue weighted by Crippen LogP contribution is 2.16. The number of β-amino-alcohol motifs (C(OH)–C–C–N with tert-alkyl or cyclic N) is 1. The van der Waals surface area contributed by atoms with Gasteiger partial charge in [0.25, 0.3) is 0 Å². The molecule has 2 rings (SSSR count). The molecule has 13 heavy (non-hydrogen) atoms. The van der Waals surface area contributed by atoms with E-state index in [9.17, 15) is 5.11 Å². The van der Waals surface area contributed by atoms with Gasteiger partial charge in [-0.1, -0.05) is 0 Å². The summed E-state index contributed by atoms with van der Waals surface area (Å²) in [6.07, 6.45) is 2.17. The Morgan fingerprint density at radius 2 is 2.00 bits per heavy atom. The second kappa shape index (κ2) is 6.04. The van der Waals surface area contributed by atoms with Crippen molar-refractivity contribution < 1.29 is 5.11 Å². The van der Waals surface area contributed by atoms with Gasteiger partial charge in [0.2, 0.25) is 0 Å². The van der Waals surface area contributed by atoms with Crippen molar-refractivity contribution >= 4 is 24.8 Å². The van der Waals surface area contributed by atoms with Gasteiger partial charge in [-0.25, -0.2) is 0 Å². The van der Waals surface area contributed by atoms with Crippen molar-refractivity contribution in [2.45, 2.75) is 25.0 Å². The van der Waals surface area contributed by atoms with Gasteiger partial charge in [-0.15, -0.1) is 24.8 Å². The van der Waals surface area contributed by atoms with E-state index < -0.39 is 0 Å². The van der Waals surface area contributed by atoms with Gasteiger partial charge in [0, 0.05) is 25.7 Å². The van der Waals surface area contributed by atoms with Crippen LogP contribution in [0.1, 0.15) is 12.8 Å². The molecule has 2 fully saturated rings. The van der Waals surface area contributed by atoms with E-state index in [1.807, 2.05) is 0 Å². The zero-order valence-corrected chi connectivity index (χ0v) is 9.24. The summed E-state index contributed by atoms with van der Waals surface area (Å²) in [5.41, 5.74) is 0. The zero-order valence-electron chi connectivity index (χ0n) is 7.61. The van der Waals surface area contributed by atoms with Gasteiger partial charge in [0.05, 0.1) is 6.10 Å². The van der Waals surface area contributed by atoms with Crippen molar-refractivity contribution in [2.75, 3.05) is 26.2 Å². The van der Waals surface area contributed by atoms with Crippen molar-refractivity contribution in [3.8, 4) is 0 Å². The first-order chi connectivity index (χ1) is 5.36. The van der Waals surface area contributed by atoms with Crippen molar-refractivity contribution in [2.24, 2.45) is 0 Å². The average molecular weight is 229 g/mol. The highest BCUT2D eigenvalue weighted by molar-refractivity contribution is 5.85. The Balaban J connectivity index is 0.000000720. The summed E-state index contributed by atoms with van der Waals surface area (Å²) in [6, 6.07) is 0.701. The number of aliphatic hydroxyl groups excluding tert-OH is 1. The van der Waals surface area contributed by atoms with Crippen LogP contribution in [0, 0.1) is 0 Å². The summed E-state index contributed by atoms with van der Waals surface area (Å²) in [5, 5.41) is 12.6. The molecule has 0 aromatic rings. The Morgan fingerprint density at radius 1 is 1.23 bits per heavy atom. The summed E-state index contributed by atoms with van der Waals surface area (Å²) in [5.74, 6) is 0. The van der Waals surface area contributed by atoms with Crippen LogP contribution >= 0.6 is 24.8 Å². The van der Waals surface area contributed by atoms with E-state index in [1.54, 1.807) is 0 Å². The van der Waals surface area contributed by atoms with E-state index in [1.165, 1.54) is 6.42 Å². The lowest BCUT2D eigenvalue weighted by Gasteiger charge is -2.21. The minimum atomic E-state index is -0.0596. The number of halogens is 2. The molecule has 0 aliphatic carbocycles. The van der Waals surface area contributed by atoms with Gasteiger partial charge < -0.3 is 10.4 Å². The molecule has 0 bridgehead atoms. The molecular weight excluding hydrogens is 211 g/mol. The molecule has 2 atom stereocenters. The third-order valence-corrected chi connectivity index (χ3v) is 2.75. The van der Waals surface area contributed by atoms with Crippen LogP contribution in [0.4, 0.5) is 0 Å². The summed E-state index contributed by atoms with van der Waals surface area (Å²) in [4.78, 5) is 2.41. The molecule has 0 saturated carbocycles. The van der Waals surface area contributed by atoms with Crippen LogP contribution in [0.3, 0.4) is 0 Å². The van der Waals surface area contributed by atoms with Crippen molar-refractivity contribution in [3.05, 3.63) is 0 Å². The van der Waals surface area contributed by atoms with E-state index in [0.717, 1.165) is 32.6 Å². The number of hydrogen-bond donors (Lipinski definition) is 2. The molecule has 3 nitrogen and oxygen atoms in total. The number of nitrogens with one attached hydrogen (secondary N) is 1. The van der Waals surface area contributed by atoms with Crippen LogP contribution in [-0.2, 0) is 0 Å². The first kappa shape index (κ1) is 13.5. The lowest BCUT2D eigenvalue weighted by atomic mass is 10.2. The zero-order chi connectivity index (χ0) is 7.68. The van der Waals surface area contributed by atoms with E-state index in [0.29, 0.717) is 6.04 Å². The molecule has 0 amide bonds. The molecule has 0 spiro atoms. The maximum absolute atomic E-state index is 9.30. The summed E-state index contributed by atoms with van der Waals surface area (Å²) >= 11 is 0. The van der Waals surface area contributed by atoms with Crippen molar-refractivity contribution in [1.29, 1.82) is 0 Å². The Kier molecular flexibility index (Phi) is 6.25. The van der Waals surface area contributed by atoms with Crippen molar-refractivity contribution in [1.82, 2.24) is 10.2 Å². The summed E-state index contributed by atoms with van der Waals surface area (Å²) < 4.78 is 0. The largest absolute Gasteiger partial charge is 0.392 e. The Labute approximate surface area is 91.7 Å². The Bertz CT molecular complexity index is 142. The molecule has 0 aromatic carbocycles. The molecule has 2 unspecified atom stereocenters. The molecule has 2 N–H and O–H groups in total. The Morgan fingerprint density at radius 3 is 2.46 bits per heavy atom. The standard InChI is InChI=1S/C8H16N2O.2ClH/c11-8-2-4-10(6-8)7-1-3-9-5-7;;/h7-9,11H,1-6H2;2*1H. The van der Waals surface area contributed by atoms with Crippen LogP contribution < -0.4 is 5.32 Å². The van der Waals surface area contributed by atoms with Gasteiger partial charge in [0.1, 0.15) is 0 Å². The fourth-order valence-electron chi connectivity index (χ4n) is 2.05. The topological polar surface area (TPSA) is 35.5 Å². The Hall–Kier alpha value is 0.460. The predicted octanol–water partition coefficient (Wildman–Crippen LogP) is 0.259. The first-order valence-corrected chi connectivity index (χ1v) is 4.49. The number of hydrogen-bond acceptors (Lipinski definition) is 3. The van der Waals surface area contributed by atoms with Gasteiger partial charge in [0.15, 0.2) is 0 Å². The number of aliphatic hydroxyl groups is 1. The fourth-order valence-corrected chi connectivity index (χ4v) is 2.05. The van der Waals surface area contributed by atoms with E-state index >= 15 is 0 Å². The number of nitrogens with zero attached hydrogens (tertiary/aromatic N) is 1. The van der Waals surface area contributed by atoms with Gasteiger partial charge in [-0.3, -0.25) is 4.90 Å². The molecule has 0 radical (unpaired) electrons. The third-order valence-electron chi connectivity index (χ3n) is 2.75. The van der Waals surface area contributed by atoms with E-state index in [4.69, 9.17) is 0 Å². The minimum Gasteiger partial charge on any atom is -0.392 e. The monoisotopic (exact) mass is 228 g/mol. The minimum absolute atomic E-state index is 0. The first-order valence-electron chi connectivity index (χ1n) is 4.49. The molecule has 2 heterocycles. The molecule has 2 aliphatic heterocycles. The summed E-state index contributed by atoms with van der Waals surface area (Å²) in [6.45, 7) is 4.25. The number of likely N-dealkylation sites (tertiary alicyclic amines) is 1. The quantitative estimate of drug-likeness (QED) is 0.677. The molecule has 2 saturated heterocycles. The number of rotatable bonds is 1. The summed E-state index contributed by atoms with van der Waals surface area (Å²) in [7, 11) is 0. The van der Waals surface area contributed by atoms with Crippen LogP contribution in [-0.4, -0.2) is 48.3 Å².